The SMILES string of the molecule is C/C(=C(/F)Cl)C(F)(F)C(F)(F)F. The summed E-state index contributed by atoms with van der Waals surface area (Å²) in [4.78, 5) is 0. The van der Waals surface area contributed by atoms with Crippen LogP contribution in [-0.4, -0.2) is 12.1 Å². The minimum atomic E-state index is -5.82. The number of rotatable bonds is 1. The van der Waals surface area contributed by atoms with Crippen LogP contribution in [-0.2, 0) is 0 Å². The van der Waals surface area contributed by atoms with E-state index in [1.165, 1.54) is 0 Å². The molecule has 7 heteroatoms. The van der Waals surface area contributed by atoms with Crippen LogP contribution in [0.25, 0.3) is 0 Å². The second kappa shape index (κ2) is 3.16. The molecule has 0 spiro atoms. The van der Waals surface area contributed by atoms with Crippen molar-refractivity contribution in [3.63, 3.8) is 0 Å². The van der Waals surface area contributed by atoms with E-state index in [9.17, 15) is 26.3 Å². The Kier molecular flexibility index (Phi) is 3.06. The Morgan fingerprint density at radius 3 is 1.50 bits per heavy atom. The van der Waals surface area contributed by atoms with E-state index < -0.39 is 23.0 Å². The van der Waals surface area contributed by atoms with Crippen LogP contribution in [0.3, 0.4) is 0 Å². The lowest BCUT2D eigenvalue weighted by molar-refractivity contribution is -0.264. The molecule has 72 valence electrons. The van der Waals surface area contributed by atoms with Crippen LogP contribution in [0.2, 0.25) is 0 Å². The van der Waals surface area contributed by atoms with Crippen LogP contribution in [0, 0.1) is 0 Å². The zero-order valence-electron chi connectivity index (χ0n) is 5.65. The standard InChI is InChI=1S/C5H3ClF6/c1-2(3(6)7)4(8,9)5(10,11)12/h1H3/b3-2-. The molecule has 0 aromatic heterocycles. The van der Waals surface area contributed by atoms with Gasteiger partial charge >= 0.3 is 12.1 Å². The van der Waals surface area contributed by atoms with Gasteiger partial charge in [-0.2, -0.15) is 26.3 Å². The molecule has 0 radical (unpaired) electrons. The van der Waals surface area contributed by atoms with Gasteiger partial charge in [-0.05, 0) is 6.92 Å². The summed E-state index contributed by atoms with van der Waals surface area (Å²) in [5.74, 6) is -5.21. The van der Waals surface area contributed by atoms with Crippen LogP contribution in [0.4, 0.5) is 26.3 Å². The molecule has 0 fully saturated rings. The number of hydrogen-bond acceptors (Lipinski definition) is 0. The van der Waals surface area contributed by atoms with E-state index in [0.29, 0.717) is 0 Å². The smallest absolute Gasteiger partial charge is 0.193 e. The Morgan fingerprint density at radius 1 is 1.08 bits per heavy atom. The van der Waals surface area contributed by atoms with Crippen LogP contribution in [0.15, 0.2) is 10.9 Å². The summed E-state index contributed by atoms with van der Waals surface area (Å²) in [6.07, 6.45) is -5.82. The molecule has 12 heavy (non-hydrogen) atoms. The van der Waals surface area contributed by atoms with Gasteiger partial charge in [-0.3, -0.25) is 0 Å². The first-order valence-electron chi connectivity index (χ1n) is 2.57. The summed E-state index contributed by atoms with van der Waals surface area (Å²) in [7, 11) is 0. The van der Waals surface area contributed by atoms with Crippen molar-refractivity contribution in [3.05, 3.63) is 10.9 Å². The lowest BCUT2D eigenvalue weighted by Crippen LogP contribution is -2.37. The number of alkyl halides is 5. The molecule has 0 rings (SSSR count). The molecule has 0 aliphatic carbocycles. The van der Waals surface area contributed by atoms with Crippen molar-refractivity contribution in [2.24, 2.45) is 0 Å². The first-order chi connectivity index (χ1) is 5.10. The first-order valence-corrected chi connectivity index (χ1v) is 2.95. The molecule has 0 atom stereocenters. The molecule has 0 N–H and O–H groups in total. The average molecular weight is 213 g/mol. The molecular formula is C5H3ClF6. The molecule has 0 saturated carbocycles. The van der Waals surface area contributed by atoms with E-state index in [0.717, 1.165) is 0 Å². The predicted molar refractivity (Wildman–Crippen MR) is 30.7 cm³/mol. The highest BCUT2D eigenvalue weighted by Crippen LogP contribution is 2.42. The minimum absolute atomic E-state index is 0.274. The van der Waals surface area contributed by atoms with Crippen LogP contribution in [0.1, 0.15) is 6.92 Å². The van der Waals surface area contributed by atoms with Gasteiger partial charge in [0.2, 0.25) is 0 Å². The van der Waals surface area contributed by atoms with Crippen LogP contribution in [0.5, 0.6) is 0 Å². The molecule has 0 aliphatic rings. The summed E-state index contributed by atoms with van der Waals surface area (Å²) in [5, 5.41) is -2.04. The van der Waals surface area contributed by atoms with E-state index in [2.05, 4.69) is 11.6 Å². The third-order valence-electron chi connectivity index (χ3n) is 1.11. The van der Waals surface area contributed by atoms with Crippen molar-refractivity contribution in [1.29, 1.82) is 0 Å². The molecule has 0 aromatic rings. The first kappa shape index (κ1) is 11.6. The van der Waals surface area contributed by atoms with Crippen molar-refractivity contribution >= 4 is 11.6 Å². The Morgan fingerprint density at radius 2 is 1.42 bits per heavy atom. The zero-order chi connectivity index (χ0) is 10.2. The molecule has 0 nitrogen and oxygen atoms in total. The van der Waals surface area contributed by atoms with E-state index in [1.54, 1.807) is 0 Å². The van der Waals surface area contributed by atoms with Crippen molar-refractivity contribution in [3.8, 4) is 0 Å². The van der Waals surface area contributed by atoms with Crippen molar-refractivity contribution in [2.45, 2.75) is 19.0 Å². The average Bonchev–Trinajstić information content (AvgIpc) is 1.83. The summed E-state index contributed by atoms with van der Waals surface area (Å²) < 4.78 is 70.2. The van der Waals surface area contributed by atoms with Crippen molar-refractivity contribution in [2.75, 3.05) is 0 Å². The summed E-state index contributed by atoms with van der Waals surface area (Å²) in [6.45, 7) is 0.274. The normalized spacial score (nSPS) is 16.0. The second-order valence-electron chi connectivity index (χ2n) is 1.96. The fourth-order valence-corrected chi connectivity index (χ4v) is 0.450. The second-order valence-corrected chi connectivity index (χ2v) is 2.29. The van der Waals surface area contributed by atoms with Gasteiger partial charge in [0.25, 0.3) is 0 Å². The van der Waals surface area contributed by atoms with Crippen LogP contribution >= 0.6 is 11.6 Å². The molecule has 0 aliphatic heterocycles. The maximum atomic E-state index is 12.1. The zero-order valence-corrected chi connectivity index (χ0v) is 6.40. The lowest BCUT2D eigenvalue weighted by Gasteiger charge is -2.19. The summed E-state index contributed by atoms with van der Waals surface area (Å²) in [6, 6.07) is 0. The van der Waals surface area contributed by atoms with Gasteiger partial charge in [-0.15, -0.1) is 0 Å². The third-order valence-corrected chi connectivity index (χ3v) is 1.39. The van der Waals surface area contributed by atoms with Crippen molar-refractivity contribution < 1.29 is 26.3 Å². The maximum absolute atomic E-state index is 12.1. The largest absolute Gasteiger partial charge is 0.457 e. The Hall–Kier alpha value is -0.390. The molecule has 0 amide bonds. The Labute approximate surface area is 68.8 Å². The highest BCUT2D eigenvalue weighted by atomic mass is 35.5. The fourth-order valence-electron chi connectivity index (χ4n) is 0.331. The van der Waals surface area contributed by atoms with Crippen molar-refractivity contribution in [1.82, 2.24) is 0 Å². The van der Waals surface area contributed by atoms with Gasteiger partial charge in [0.1, 0.15) is 0 Å². The van der Waals surface area contributed by atoms with Crippen LogP contribution < -0.4 is 0 Å². The topological polar surface area (TPSA) is 0 Å². The van der Waals surface area contributed by atoms with E-state index in [4.69, 9.17) is 0 Å². The lowest BCUT2D eigenvalue weighted by atomic mass is 10.2. The predicted octanol–water partition coefficient (Wildman–Crippen LogP) is 3.62. The molecule has 0 unspecified atom stereocenters. The molecule has 0 aromatic carbocycles. The molecular weight excluding hydrogens is 209 g/mol. The number of halogens is 7. The molecule has 0 bridgehead atoms. The van der Waals surface area contributed by atoms with Gasteiger partial charge in [0.05, 0.1) is 5.57 Å². The Bertz CT molecular complexity index is 198. The Balaban J connectivity index is 5.01. The molecule has 0 heterocycles. The van der Waals surface area contributed by atoms with Gasteiger partial charge in [0.15, 0.2) is 5.29 Å². The fraction of sp³-hybridized carbons (Fsp3) is 0.600. The van der Waals surface area contributed by atoms with Gasteiger partial charge in [0, 0.05) is 0 Å². The third kappa shape index (κ3) is 2.06. The highest BCUT2D eigenvalue weighted by molar-refractivity contribution is 6.28. The maximum Gasteiger partial charge on any atom is 0.457 e. The van der Waals surface area contributed by atoms with Gasteiger partial charge in [-0.1, -0.05) is 11.6 Å². The highest BCUT2D eigenvalue weighted by Gasteiger charge is 2.59. The summed E-state index contributed by atoms with van der Waals surface area (Å²) in [5.41, 5.74) is -1.84. The monoisotopic (exact) mass is 212 g/mol. The number of hydrogen-bond donors (Lipinski definition) is 0. The van der Waals surface area contributed by atoms with Gasteiger partial charge < -0.3 is 0 Å². The van der Waals surface area contributed by atoms with Gasteiger partial charge in [-0.25, -0.2) is 0 Å². The molecule has 0 saturated heterocycles. The van der Waals surface area contributed by atoms with E-state index in [1.807, 2.05) is 0 Å². The van der Waals surface area contributed by atoms with E-state index >= 15 is 0 Å². The summed E-state index contributed by atoms with van der Waals surface area (Å²) >= 11 is 4.35. The number of allylic oxidation sites excluding steroid dienone is 1. The quantitative estimate of drug-likeness (QED) is 0.583. The van der Waals surface area contributed by atoms with E-state index in [-0.39, 0.29) is 6.92 Å². The minimum Gasteiger partial charge on any atom is -0.193 e.